The van der Waals surface area contributed by atoms with Gasteiger partial charge in [0, 0.05) is 17.7 Å². The molecule has 0 saturated heterocycles. The zero-order valence-electron chi connectivity index (χ0n) is 15.3. The predicted octanol–water partition coefficient (Wildman–Crippen LogP) is 3.20. The molecule has 0 bridgehead atoms. The predicted molar refractivity (Wildman–Crippen MR) is 98.2 cm³/mol. The molecule has 0 atom stereocenters. The number of carbonyl (C=O) groups is 1. The van der Waals surface area contributed by atoms with Gasteiger partial charge in [-0.1, -0.05) is 12.1 Å². The fourth-order valence-corrected chi connectivity index (χ4v) is 2.68. The van der Waals surface area contributed by atoms with Crippen molar-refractivity contribution >= 4 is 11.6 Å². The van der Waals surface area contributed by atoms with E-state index in [-0.39, 0.29) is 18.1 Å². The summed E-state index contributed by atoms with van der Waals surface area (Å²) >= 11 is 0. The molecule has 0 aliphatic rings. The van der Waals surface area contributed by atoms with Gasteiger partial charge in [0.2, 0.25) is 0 Å². The minimum absolute atomic E-state index is 0.0661. The first-order valence-corrected chi connectivity index (χ1v) is 8.12. The van der Waals surface area contributed by atoms with Crippen LogP contribution in [0.15, 0.2) is 30.3 Å². The third kappa shape index (κ3) is 4.11. The van der Waals surface area contributed by atoms with Crippen molar-refractivity contribution in [2.24, 2.45) is 0 Å². The number of hydrogen-bond acceptors (Lipinski definition) is 5. The van der Waals surface area contributed by atoms with Gasteiger partial charge in [0.1, 0.15) is 0 Å². The Morgan fingerprint density at radius 2 is 1.81 bits per heavy atom. The molecule has 0 aliphatic carbocycles. The van der Waals surface area contributed by atoms with Crippen LogP contribution < -0.4 is 14.8 Å². The lowest BCUT2D eigenvalue weighted by Crippen LogP contribution is -2.26. The molecule has 26 heavy (non-hydrogen) atoms. The number of nitrogens with zero attached hydrogens (tertiary/aromatic N) is 1. The second-order valence-electron chi connectivity index (χ2n) is 5.85. The van der Waals surface area contributed by atoms with Crippen LogP contribution in [0.1, 0.15) is 27.0 Å². The Labute approximate surface area is 152 Å². The van der Waals surface area contributed by atoms with Gasteiger partial charge < -0.3 is 14.8 Å². The van der Waals surface area contributed by atoms with E-state index in [1.165, 1.54) is 20.3 Å². The molecule has 1 N–H and O–H groups in total. The number of amides is 1. The highest BCUT2D eigenvalue weighted by Crippen LogP contribution is 2.34. The lowest BCUT2D eigenvalue weighted by Gasteiger charge is -2.12. The van der Waals surface area contributed by atoms with E-state index < -0.39 is 4.92 Å². The normalized spacial score (nSPS) is 10.3. The van der Waals surface area contributed by atoms with Gasteiger partial charge >= 0.3 is 0 Å². The molecule has 1 amide bonds. The van der Waals surface area contributed by atoms with Gasteiger partial charge in [-0.3, -0.25) is 14.9 Å². The van der Waals surface area contributed by atoms with E-state index in [2.05, 4.69) is 5.32 Å². The number of nitrogens with one attached hydrogen (secondary N) is 1. The van der Waals surface area contributed by atoms with E-state index in [0.29, 0.717) is 29.0 Å². The Morgan fingerprint density at radius 1 is 1.15 bits per heavy atom. The summed E-state index contributed by atoms with van der Waals surface area (Å²) in [5.41, 5.74) is 2.96. The van der Waals surface area contributed by atoms with Crippen molar-refractivity contribution in [1.29, 1.82) is 0 Å². The first-order chi connectivity index (χ1) is 12.4. The van der Waals surface area contributed by atoms with E-state index in [1.807, 2.05) is 26.0 Å². The van der Waals surface area contributed by atoms with E-state index in [0.717, 1.165) is 11.1 Å². The molecule has 2 aromatic carbocycles. The summed E-state index contributed by atoms with van der Waals surface area (Å²) in [7, 11) is 2.89. The minimum atomic E-state index is -0.468. The van der Waals surface area contributed by atoms with E-state index in [1.54, 1.807) is 12.1 Å². The maximum atomic E-state index is 12.4. The molecule has 138 valence electrons. The molecule has 0 spiro atoms. The number of aryl methyl sites for hydroxylation is 1. The Hall–Kier alpha value is -3.09. The molecule has 0 saturated carbocycles. The van der Waals surface area contributed by atoms with Gasteiger partial charge in [-0.25, -0.2) is 0 Å². The van der Waals surface area contributed by atoms with Gasteiger partial charge in [0.15, 0.2) is 11.5 Å². The summed E-state index contributed by atoms with van der Waals surface area (Å²) in [6.45, 7) is 4.10. The lowest BCUT2D eigenvalue weighted by molar-refractivity contribution is -0.385. The smallest absolute Gasteiger partial charge is 0.276 e. The highest BCUT2D eigenvalue weighted by molar-refractivity contribution is 5.95. The summed E-state index contributed by atoms with van der Waals surface area (Å²) < 4.78 is 10.3. The Kier molecular flexibility index (Phi) is 6.16. The summed E-state index contributed by atoms with van der Waals surface area (Å²) in [5, 5.41) is 14.1. The summed E-state index contributed by atoms with van der Waals surface area (Å²) in [6, 6.07) is 8.44. The maximum absolute atomic E-state index is 12.4. The van der Waals surface area contributed by atoms with Crippen LogP contribution >= 0.6 is 0 Å². The van der Waals surface area contributed by atoms with Crippen molar-refractivity contribution in [3.05, 3.63) is 62.7 Å². The third-order valence-corrected chi connectivity index (χ3v) is 4.31. The second kappa shape index (κ2) is 8.33. The van der Waals surface area contributed by atoms with Crippen molar-refractivity contribution in [3.8, 4) is 11.5 Å². The average molecular weight is 358 g/mol. The van der Waals surface area contributed by atoms with E-state index in [4.69, 9.17) is 9.47 Å². The fraction of sp³-hybridized carbons (Fsp3) is 0.316. The summed E-state index contributed by atoms with van der Waals surface area (Å²) in [6.07, 6.45) is 0.299. The molecule has 0 fully saturated rings. The molecular formula is C19H22N2O5. The zero-order valence-corrected chi connectivity index (χ0v) is 15.3. The van der Waals surface area contributed by atoms with Crippen LogP contribution in [0.3, 0.4) is 0 Å². The number of rotatable bonds is 7. The number of carbonyl (C=O) groups excluding carboxylic acids is 1. The van der Waals surface area contributed by atoms with Crippen LogP contribution in [0.2, 0.25) is 0 Å². The number of nitro benzene ring substituents is 1. The lowest BCUT2D eigenvalue weighted by atomic mass is 10.0. The number of ether oxygens (including phenoxy) is 2. The van der Waals surface area contributed by atoms with Crippen LogP contribution in [-0.2, 0) is 6.42 Å². The van der Waals surface area contributed by atoms with Gasteiger partial charge in [0.25, 0.3) is 11.6 Å². The fourth-order valence-electron chi connectivity index (χ4n) is 2.68. The molecule has 0 heterocycles. The molecule has 2 rings (SSSR count). The molecule has 0 radical (unpaired) electrons. The Balaban J connectivity index is 2.15. The summed E-state index contributed by atoms with van der Waals surface area (Å²) in [4.78, 5) is 23.2. The molecular weight excluding hydrogens is 336 g/mol. The quantitative estimate of drug-likeness (QED) is 0.606. The maximum Gasteiger partial charge on any atom is 0.276 e. The molecule has 7 nitrogen and oxygen atoms in total. The van der Waals surface area contributed by atoms with Crippen LogP contribution in [0.5, 0.6) is 11.5 Å². The molecule has 0 aromatic heterocycles. The number of benzene rings is 2. The minimum Gasteiger partial charge on any atom is -0.493 e. The van der Waals surface area contributed by atoms with Crippen molar-refractivity contribution in [2.75, 3.05) is 20.8 Å². The van der Waals surface area contributed by atoms with Crippen LogP contribution in [0, 0.1) is 24.0 Å². The second-order valence-corrected chi connectivity index (χ2v) is 5.85. The Morgan fingerprint density at radius 3 is 2.42 bits per heavy atom. The van der Waals surface area contributed by atoms with Crippen molar-refractivity contribution in [3.63, 3.8) is 0 Å². The van der Waals surface area contributed by atoms with Crippen molar-refractivity contribution in [1.82, 2.24) is 5.32 Å². The highest BCUT2D eigenvalue weighted by atomic mass is 16.6. The molecule has 2 aromatic rings. The SMILES string of the molecule is COc1cc(CCNC(=O)c2cccc(C)c2C)c([N+](=O)[O-])cc1OC. The highest BCUT2D eigenvalue weighted by Gasteiger charge is 2.19. The average Bonchev–Trinajstić information content (AvgIpc) is 2.63. The van der Waals surface area contributed by atoms with E-state index >= 15 is 0 Å². The van der Waals surface area contributed by atoms with Gasteiger partial charge in [-0.15, -0.1) is 0 Å². The number of hydrogen-bond donors (Lipinski definition) is 1. The third-order valence-electron chi connectivity index (χ3n) is 4.31. The first-order valence-electron chi connectivity index (χ1n) is 8.12. The van der Waals surface area contributed by atoms with Crippen molar-refractivity contribution < 1.29 is 19.2 Å². The number of methoxy groups -OCH3 is 2. The molecule has 0 unspecified atom stereocenters. The van der Waals surface area contributed by atoms with Gasteiger partial charge in [-0.2, -0.15) is 0 Å². The zero-order chi connectivity index (χ0) is 19.3. The topological polar surface area (TPSA) is 90.7 Å². The van der Waals surface area contributed by atoms with E-state index in [9.17, 15) is 14.9 Å². The standard InChI is InChI=1S/C19H22N2O5/c1-12-6-5-7-15(13(12)2)19(22)20-9-8-14-10-17(25-3)18(26-4)11-16(14)21(23)24/h5-7,10-11H,8-9H2,1-4H3,(H,20,22). The monoisotopic (exact) mass is 358 g/mol. The van der Waals surface area contributed by atoms with Gasteiger partial charge in [-0.05, 0) is 43.5 Å². The molecule has 7 heteroatoms. The van der Waals surface area contributed by atoms with Crippen LogP contribution in [0.4, 0.5) is 5.69 Å². The summed E-state index contributed by atoms with van der Waals surface area (Å²) in [5.74, 6) is 0.505. The van der Waals surface area contributed by atoms with Crippen molar-refractivity contribution in [2.45, 2.75) is 20.3 Å². The Bertz CT molecular complexity index is 833. The molecule has 0 aliphatic heterocycles. The largest absolute Gasteiger partial charge is 0.493 e. The number of nitro groups is 1. The van der Waals surface area contributed by atoms with Crippen LogP contribution in [-0.4, -0.2) is 31.6 Å². The van der Waals surface area contributed by atoms with Crippen LogP contribution in [0.25, 0.3) is 0 Å². The van der Waals surface area contributed by atoms with Gasteiger partial charge in [0.05, 0.1) is 25.2 Å². The first kappa shape index (κ1) is 19.2.